The highest BCUT2D eigenvalue weighted by Crippen LogP contribution is 2.39. The lowest BCUT2D eigenvalue weighted by molar-refractivity contribution is -0.274. The van der Waals surface area contributed by atoms with Gasteiger partial charge in [0.05, 0.1) is 46.3 Å². The zero-order valence-electron chi connectivity index (χ0n) is 20.2. The summed E-state index contributed by atoms with van der Waals surface area (Å²) in [7, 11) is -4.18. The number of aliphatic hydroxyl groups is 1. The van der Waals surface area contributed by atoms with Gasteiger partial charge >= 0.3 is 6.36 Å². The number of ether oxygens (including phenoxy) is 1. The Bertz CT molecular complexity index is 1680. The van der Waals surface area contributed by atoms with E-state index in [0.717, 1.165) is 46.1 Å². The topological polar surface area (TPSA) is 128 Å². The molecule has 3 aromatic carbocycles. The zero-order chi connectivity index (χ0) is 27.9. The second-order valence-electron chi connectivity index (χ2n) is 9.29. The van der Waals surface area contributed by atoms with Crippen LogP contribution in [0.5, 0.6) is 5.75 Å². The molecule has 2 N–H and O–H groups in total. The van der Waals surface area contributed by atoms with Gasteiger partial charge in [-0.3, -0.25) is 0 Å². The van der Waals surface area contributed by atoms with Crippen LogP contribution in [0.25, 0.3) is 21.8 Å². The number of aromatic nitrogens is 1. The molecule has 3 atom stereocenters. The minimum atomic E-state index is -4.90. The van der Waals surface area contributed by atoms with Gasteiger partial charge in [0, 0.05) is 21.8 Å². The number of sulfonamides is 1. The van der Waals surface area contributed by atoms with Crippen LogP contribution < -0.4 is 9.46 Å². The van der Waals surface area contributed by atoms with E-state index in [9.17, 15) is 37.2 Å². The van der Waals surface area contributed by atoms with Gasteiger partial charge in [0.2, 0.25) is 10.0 Å². The first-order valence-electron chi connectivity index (χ1n) is 11.9. The van der Waals surface area contributed by atoms with E-state index in [-0.39, 0.29) is 4.90 Å². The third-order valence-electron chi connectivity index (χ3n) is 6.89. The van der Waals surface area contributed by atoms with Crippen LogP contribution in [0.2, 0.25) is 0 Å². The number of hydrogen-bond donors (Lipinski definition) is 2. The lowest BCUT2D eigenvalue weighted by Crippen LogP contribution is -2.49. The minimum absolute atomic E-state index is 0.267. The lowest BCUT2D eigenvalue weighted by atomic mass is 9.88. The molecular weight excluding hydrogens is 533 g/mol. The van der Waals surface area contributed by atoms with Gasteiger partial charge in [-0.2, -0.15) is 10.5 Å². The molecule has 5 rings (SSSR count). The highest BCUT2D eigenvalue weighted by atomic mass is 32.2. The fourth-order valence-corrected chi connectivity index (χ4v) is 6.49. The van der Waals surface area contributed by atoms with Crippen LogP contribution >= 0.6 is 0 Å². The van der Waals surface area contributed by atoms with Crippen molar-refractivity contribution in [1.82, 2.24) is 9.29 Å². The highest BCUT2D eigenvalue weighted by Gasteiger charge is 2.37. The predicted molar refractivity (Wildman–Crippen MR) is 135 cm³/mol. The molecule has 1 saturated carbocycles. The van der Waals surface area contributed by atoms with Crippen molar-refractivity contribution in [3.63, 3.8) is 0 Å². The van der Waals surface area contributed by atoms with Gasteiger partial charge in [0.1, 0.15) is 5.75 Å². The number of rotatable bonds is 5. The number of nitrogens with one attached hydrogen (secondary N) is 1. The fourth-order valence-electron chi connectivity index (χ4n) is 5.20. The van der Waals surface area contributed by atoms with Gasteiger partial charge in [-0.15, -0.1) is 13.2 Å². The number of aliphatic hydroxyl groups excluding tert-OH is 1. The van der Waals surface area contributed by atoms with Gasteiger partial charge < -0.3 is 14.4 Å². The highest BCUT2D eigenvalue weighted by molar-refractivity contribution is 7.89. The van der Waals surface area contributed by atoms with E-state index in [0.29, 0.717) is 30.4 Å². The molecule has 0 radical (unpaired) electrons. The van der Waals surface area contributed by atoms with Crippen LogP contribution in [0.3, 0.4) is 0 Å². The maximum atomic E-state index is 13.0. The summed E-state index contributed by atoms with van der Waals surface area (Å²) in [5.41, 5.74) is 2.33. The van der Waals surface area contributed by atoms with Gasteiger partial charge in [-0.05, 0) is 79.9 Å². The SMILES string of the molecule is N#Cc1ccc2c(c1)c1cc(C#N)ccc1n2[C@H]1CCC[C@@H](NS(=O)(=O)c2ccc(OC(F)(F)F)cc2)[C@@H]1O. The molecule has 0 spiro atoms. The van der Waals surface area contributed by atoms with Gasteiger partial charge in [-0.25, -0.2) is 13.1 Å². The van der Waals surface area contributed by atoms with Crippen molar-refractivity contribution < 1.29 is 31.4 Å². The molecule has 1 aliphatic rings. The van der Waals surface area contributed by atoms with E-state index in [4.69, 9.17) is 0 Å². The molecule has 12 heteroatoms. The average molecular weight is 555 g/mol. The molecule has 200 valence electrons. The van der Waals surface area contributed by atoms with Crippen molar-refractivity contribution in [2.45, 2.75) is 48.7 Å². The summed E-state index contributed by atoms with van der Waals surface area (Å²) in [5, 5.41) is 31.7. The molecule has 0 saturated heterocycles. The summed E-state index contributed by atoms with van der Waals surface area (Å²) in [5.74, 6) is -0.551. The first kappa shape index (κ1) is 26.5. The Morgan fingerprint density at radius 2 is 1.49 bits per heavy atom. The monoisotopic (exact) mass is 554 g/mol. The number of halogens is 3. The molecule has 1 aromatic heterocycles. The quantitative estimate of drug-likeness (QED) is 0.362. The smallest absolute Gasteiger partial charge is 0.406 e. The van der Waals surface area contributed by atoms with Gasteiger partial charge in [0.15, 0.2) is 0 Å². The minimum Gasteiger partial charge on any atom is -0.406 e. The molecular formula is C27H21F3N4O4S. The van der Waals surface area contributed by atoms with Crippen LogP contribution in [0.4, 0.5) is 13.2 Å². The van der Waals surface area contributed by atoms with Crippen LogP contribution in [-0.4, -0.2) is 36.6 Å². The van der Waals surface area contributed by atoms with Crippen LogP contribution in [-0.2, 0) is 10.0 Å². The van der Waals surface area contributed by atoms with E-state index < -0.39 is 40.3 Å². The number of alkyl halides is 3. The molecule has 1 heterocycles. The molecule has 4 aromatic rings. The zero-order valence-corrected chi connectivity index (χ0v) is 21.0. The Balaban J connectivity index is 1.48. The molecule has 1 fully saturated rings. The summed E-state index contributed by atoms with van der Waals surface area (Å²) in [6.45, 7) is 0. The van der Waals surface area contributed by atoms with Crippen molar-refractivity contribution in [1.29, 1.82) is 10.5 Å². The second-order valence-corrected chi connectivity index (χ2v) is 11.0. The number of benzene rings is 3. The summed E-state index contributed by atoms with van der Waals surface area (Å²) in [6, 6.07) is 16.9. The molecule has 0 bridgehead atoms. The second kappa shape index (κ2) is 9.89. The third-order valence-corrected chi connectivity index (χ3v) is 8.39. The van der Waals surface area contributed by atoms with Gasteiger partial charge in [0.25, 0.3) is 0 Å². The first-order valence-corrected chi connectivity index (χ1v) is 13.4. The summed E-state index contributed by atoms with van der Waals surface area (Å²) < 4.78 is 71.6. The van der Waals surface area contributed by atoms with Crippen molar-refractivity contribution in [3.8, 4) is 17.9 Å². The van der Waals surface area contributed by atoms with Gasteiger partial charge in [-0.1, -0.05) is 0 Å². The van der Waals surface area contributed by atoms with Crippen LogP contribution in [0.1, 0.15) is 36.4 Å². The maximum Gasteiger partial charge on any atom is 0.573 e. The standard InChI is InChI=1S/C27H21F3N4O4S/c28-27(29,30)38-18-6-8-19(9-7-18)39(36,37)33-22-2-1-3-25(26(22)35)34-23-10-4-16(14-31)12-20(23)21-13-17(15-32)5-11-24(21)34/h4-13,22,25-26,33,35H,1-3H2/t22-,25+,26+/m1/s1. The van der Waals surface area contributed by atoms with Crippen LogP contribution in [0.15, 0.2) is 65.6 Å². The summed E-state index contributed by atoms with van der Waals surface area (Å²) in [4.78, 5) is -0.267. The summed E-state index contributed by atoms with van der Waals surface area (Å²) >= 11 is 0. The van der Waals surface area contributed by atoms with E-state index in [2.05, 4.69) is 21.6 Å². The normalized spacial score (nSPS) is 20.0. The lowest BCUT2D eigenvalue weighted by Gasteiger charge is -2.36. The fraction of sp³-hybridized carbons (Fsp3) is 0.259. The first-order chi connectivity index (χ1) is 18.5. The van der Waals surface area contributed by atoms with E-state index >= 15 is 0 Å². The van der Waals surface area contributed by atoms with Crippen LogP contribution in [0, 0.1) is 22.7 Å². The summed E-state index contributed by atoms with van der Waals surface area (Å²) in [6.07, 6.45) is -4.58. The Morgan fingerprint density at radius 3 is 2.00 bits per heavy atom. The molecule has 0 aliphatic heterocycles. The van der Waals surface area contributed by atoms with E-state index in [1.165, 1.54) is 0 Å². The molecule has 39 heavy (non-hydrogen) atoms. The average Bonchev–Trinajstić information content (AvgIpc) is 3.21. The maximum absolute atomic E-state index is 13.0. The molecule has 1 aliphatic carbocycles. The Labute approximate surface area is 221 Å². The van der Waals surface area contributed by atoms with Crippen molar-refractivity contribution in [3.05, 3.63) is 71.8 Å². The number of fused-ring (bicyclic) bond motifs is 3. The Hall–Kier alpha value is -4.10. The predicted octanol–water partition coefficient (Wildman–Crippen LogP) is 4.87. The largest absolute Gasteiger partial charge is 0.573 e. The van der Waals surface area contributed by atoms with E-state index in [1.54, 1.807) is 36.4 Å². The van der Waals surface area contributed by atoms with Crippen molar-refractivity contribution >= 4 is 31.8 Å². The Kier molecular flexibility index (Phi) is 6.72. The Morgan fingerprint density at radius 1 is 0.923 bits per heavy atom. The number of nitrogens with zero attached hydrogens (tertiary/aromatic N) is 3. The van der Waals surface area contributed by atoms with Crippen molar-refractivity contribution in [2.75, 3.05) is 0 Å². The number of hydrogen-bond acceptors (Lipinski definition) is 6. The number of nitriles is 2. The molecule has 8 nitrogen and oxygen atoms in total. The van der Waals surface area contributed by atoms with E-state index in [1.807, 2.05) is 4.57 Å². The third kappa shape index (κ3) is 5.14. The molecule has 0 unspecified atom stereocenters. The molecule has 0 amide bonds. The van der Waals surface area contributed by atoms with Crippen molar-refractivity contribution in [2.24, 2.45) is 0 Å².